The number of halogens is 2. The van der Waals surface area contributed by atoms with Crippen LogP contribution in [0, 0.1) is 11.6 Å². The fourth-order valence-corrected chi connectivity index (χ4v) is 16.2. The molecule has 0 spiro atoms. The smallest absolute Gasteiger partial charge is 0.252 e. The van der Waals surface area contributed by atoms with E-state index in [4.69, 9.17) is 0 Å². The third kappa shape index (κ3) is 9.08. The van der Waals surface area contributed by atoms with Crippen molar-refractivity contribution in [2.45, 2.75) is 9.79 Å². The average Bonchev–Trinajstić information content (AvgIpc) is 0.692. The van der Waals surface area contributed by atoms with E-state index in [9.17, 15) is 0 Å². The summed E-state index contributed by atoms with van der Waals surface area (Å²) in [7, 11) is 0. The lowest BCUT2D eigenvalue weighted by atomic mass is 9.31. The van der Waals surface area contributed by atoms with Crippen molar-refractivity contribution in [2.24, 2.45) is 0 Å². The lowest BCUT2D eigenvalue weighted by Gasteiger charge is -2.46. The lowest BCUT2D eigenvalue weighted by molar-refractivity contribution is 0.584. The summed E-state index contributed by atoms with van der Waals surface area (Å²) < 4.78 is 33.6. The second-order valence-electron chi connectivity index (χ2n) is 24.2. The highest BCUT2D eigenvalue weighted by molar-refractivity contribution is 8.00. The molecule has 0 aromatic heterocycles. The molecule has 0 atom stereocenters. The van der Waals surface area contributed by atoms with Crippen molar-refractivity contribution in [3.05, 3.63) is 345 Å². The van der Waals surface area contributed by atoms with E-state index in [1.165, 1.54) is 22.5 Å². The van der Waals surface area contributed by atoms with Gasteiger partial charge in [0.1, 0.15) is 11.6 Å². The highest BCUT2D eigenvalue weighted by Gasteiger charge is 2.48. The third-order valence-electron chi connectivity index (χ3n) is 18.9. The number of para-hydroxylation sites is 7. The number of benzene rings is 14. The fourth-order valence-electron chi connectivity index (χ4n) is 15.0. The Bertz CT molecular complexity index is 5210. The zero-order valence-electron chi connectivity index (χ0n) is 50.8. The van der Waals surface area contributed by atoms with Gasteiger partial charge < -0.3 is 24.5 Å². The van der Waals surface area contributed by atoms with Crippen LogP contribution in [0.2, 0.25) is 0 Å². The summed E-state index contributed by atoms with van der Waals surface area (Å²) in [5.41, 5.74) is 24.9. The molecule has 94 heavy (non-hydrogen) atoms. The SMILES string of the molecule is Fc1ccc(N2c3cc4c(cc3B3c5ccccc5N(c5ccccc5)c5cc(N(c6ccc(-c7ccccc7)cc6)c6ccccc6-c6ccccc6)cc2c53)B2c3ccccc3N(c3ccccc3)c3cc(N(c5ccccc5)c5ccccc5)cc(c32)S4)c(F)c1. The van der Waals surface area contributed by atoms with Gasteiger partial charge in [0.2, 0.25) is 6.71 Å². The van der Waals surface area contributed by atoms with Gasteiger partial charge in [-0.3, -0.25) is 0 Å². The molecule has 14 aromatic rings. The standard InChI is InChI=1S/C84H55B2F2N5S/c87-59-45-48-76(72(88)49-59)93-77-55-81-71(86-69-39-21-24-42-75(69)92(63-35-17-6-18-36-63)80-52-66(53-82(94-81)84(80)86)89(60-29-11-3-12-30-60)61-31-13-4-14-32-61)54-70(77)85-68-38-20-23-41-74(68)91(62-33-15-5-16-34-62)78-50-65(51-79(93)83(78)85)90(64-46-43-57(44-47-64)56-25-7-1-8-26-56)73-40-22-19-37-67(73)58-27-9-2-10-28-58/h1-55H. The Labute approximate surface area is 550 Å². The molecule has 0 saturated carbocycles. The van der Waals surface area contributed by atoms with Crippen LogP contribution in [-0.4, -0.2) is 13.4 Å². The van der Waals surface area contributed by atoms with Crippen molar-refractivity contribution in [1.82, 2.24) is 0 Å². The fraction of sp³-hybridized carbons (Fsp3) is 0. The lowest BCUT2D eigenvalue weighted by Crippen LogP contribution is -2.64. The predicted molar refractivity (Wildman–Crippen MR) is 391 cm³/mol. The molecule has 0 saturated heterocycles. The minimum absolute atomic E-state index is 0.205. The first kappa shape index (κ1) is 55.3. The quantitative estimate of drug-likeness (QED) is 0.119. The van der Waals surface area contributed by atoms with Gasteiger partial charge in [0.15, 0.2) is 0 Å². The predicted octanol–water partition coefficient (Wildman–Crippen LogP) is 19.1. The van der Waals surface area contributed by atoms with Gasteiger partial charge in [0.05, 0.1) is 17.1 Å². The Morgan fingerprint density at radius 2 is 0.745 bits per heavy atom. The molecule has 4 aliphatic rings. The van der Waals surface area contributed by atoms with E-state index in [2.05, 4.69) is 334 Å². The van der Waals surface area contributed by atoms with Crippen LogP contribution in [0.3, 0.4) is 0 Å². The highest BCUT2D eigenvalue weighted by Crippen LogP contribution is 2.52. The first-order valence-corrected chi connectivity index (χ1v) is 32.7. The van der Waals surface area contributed by atoms with Crippen LogP contribution >= 0.6 is 11.8 Å². The number of hydrogen-bond donors (Lipinski definition) is 0. The first-order chi connectivity index (χ1) is 46.5. The minimum atomic E-state index is -0.670. The van der Waals surface area contributed by atoms with Crippen LogP contribution in [0.4, 0.5) is 94.1 Å². The number of fused-ring (bicyclic) bond motifs is 8. The second-order valence-corrected chi connectivity index (χ2v) is 25.3. The number of hydrogen-bond acceptors (Lipinski definition) is 6. The molecule has 10 heteroatoms. The zero-order chi connectivity index (χ0) is 62.4. The Morgan fingerprint density at radius 1 is 0.277 bits per heavy atom. The number of nitrogens with zero attached hydrogens (tertiary/aromatic N) is 5. The number of rotatable bonds is 11. The van der Waals surface area contributed by atoms with E-state index in [-0.39, 0.29) is 19.1 Å². The average molecular weight is 1230 g/mol. The van der Waals surface area contributed by atoms with E-state index >= 15 is 8.78 Å². The van der Waals surface area contributed by atoms with Crippen LogP contribution in [0.25, 0.3) is 22.3 Å². The molecule has 0 aliphatic carbocycles. The Hall–Kier alpha value is -11.6. The van der Waals surface area contributed by atoms with Crippen molar-refractivity contribution in [1.29, 1.82) is 0 Å². The zero-order valence-corrected chi connectivity index (χ0v) is 51.6. The maximum absolute atomic E-state index is 17.8. The van der Waals surface area contributed by atoms with Crippen LogP contribution in [-0.2, 0) is 0 Å². The third-order valence-corrected chi connectivity index (χ3v) is 20.1. The Kier molecular flexibility index (Phi) is 13.3. The molecule has 0 fully saturated rings. The van der Waals surface area contributed by atoms with Crippen LogP contribution in [0.15, 0.2) is 343 Å². The summed E-state index contributed by atoms with van der Waals surface area (Å²) in [6, 6.07) is 117. The molecule has 18 rings (SSSR count). The van der Waals surface area contributed by atoms with Crippen molar-refractivity contribution >= 4 is 143 Å². The summed E-state index contributed by atoms with van der Waals surface area (Å²) in [5.74, 6) is -1.32. The Balaban J connectivity index is 0.921. The molecular formula is C84H55B2F2N5S. The van der Waals surface area contributed by atoms with Gasteiger partial charge in [-0.25, -0.2) is 8.78 Å². The maximum Gasteiger partial charge on any atom is 0.252 e. The summed E-state index contributed by atoms with van der Waals surface area (Å²) >= 11 is 1.76. The summed E-state index contributed by atoms with van der Waals surface area (Å²) in [6.45, 7) is -0.548. The molecule has 0 bridgehead atoms. The maximum atomic E-state index is 17.8. The summed E-state index contributed by atoms with van der Waals surface area (Å²) in [6.07, 6.45) is 0. The van der Waals surface area contributed by atoms with Crippen molar-refractivity contribution < 1.29 is 8.78 Å². The molecule has 14 aromatic carbocycles. The van der Waals surface area contributed by atoms with Crippen molar-refractivity contribution in [3.63, 3.8) is 0 Å². The molecular weight excluding hydrogens is 1170 g/mol. The largest absolute Gasteiger partial charge is 0.311 e. The van der Waals surface area contributed by atoms with E-state index in [0.29, 0.717) is 0 Å². The van der Waals surface area contributed by atoms with Crippen molar-refractivity contribution in [3.8, 4) is 22.3 Å². The van der Waals surface area contributed by atoms with E-state index in [1.54, 1.807) is 17.8 Å². The van der Waals surface area contributed by atoms with Gasteiger partial charge in [0.25, 0.3) is 6.71 Å². The van der Waals surface area contributed by atoms with Crippen LogP contribution in [0.1, 0.15) is 0 Å². The highest BCUT2D eigenvalue weighted by atomic mass is 32.2. The summed E-state index contributed by atoms with van der Waals surface area (Å²) in [5, 5.41) is 0. The monoisotopic (exact) mass is 1230 g/mol. The van der Waals surface area contributed by atoms with Crippen molar-refractivity contribution in [2.75, 3.05) is 24.5 Å². The van der Waals surface area contributed by atoms with Gasteiger partial charge in [0, 0.05) is 89.7 Å². The second kappa shape index (κ2) is 22.7. The molecule has 0 amide bonds. The van der Waals surface area contributed by atoms with Gasteiger partial charge in [-0.05, 0) is 165 Å². The van der Waals surface area contributed by atoms with Crippen LogP contribution < -0.4 is 57.3 Å². The molecule has 0 radical (unpaired) electrons. The minimum Gasteiger partial charge on any atom is -0.311 e. The van der Waals surface area contributed by atoms with E-state index in [0.717, 1.165) is 134 Å². The van der Waals surface area contributed by atoms with Gasteiger partial charge in [-0.2, -0.15) is 0 Å². The number of anilines is 15. The molecule has 5 nitrogen and oxygen atoms in total. The molecule has 0 N–H and O–H groups in total. The van der Waals surface area contributed by atoms with Gasteiger partial charge >= 0.3 is 0 Å². The summed E-state index contributed by atoms with van der Waals surface area (Å²) in [4.78, 5) is 13.8. The van der Waals surface area contributed by atoms with Gasteiger partial charge in [-0.15, -0.1) is 0 Å². The van der Waals surface area contributed by atoms with Crippen LogP contribution in [0.5, 0.6) is 0 Å². The molecule has 4 aliphatic heterocycles. The molecule has 0 unspecified atom stereocenters. The molecule has 4 heterocycles. The topological polar surface area (TPSA) is 16.2 Å². The molecule has 442 valence electrons. The van der Waals surface area contributed by atoms with Gasteiger partial charge in [-0.1, -0.05) is 223 Å². The van der Waals surface area contributed by atoms with E-state index in [1.807, 2.05) is 6.07 Å². The normalized spacial score (nSPS) is 12.9. The Morgan fingerprint density at radius 3 is 1.34 bits per heavy atom. The van der Waals surface area contributed by atoms with E-state index < -0.39 is 11.6 Å². The first-order valence-electron chi connectivity index (χ1n) is 31.8.